The zero-order valence-corrected chi connectivity index (χ0v) is 14.7. The molecule has 22 heavy (non-hydrogen) atoms. The Kier molecular flexibility index (Phi) is 5.00. The molecule has 0 aromatic heterocycles. The average Bonchev–Trinajstić information content (AvgIpc) is 2.88. The maximum atomic E-state index is 5.75. The summed E-state index contributed by atoms with van der Waals surface area (Å²) in [6.45, 7) is 8.79. The van der Waals surface area contributed by atoms with E-state index in [1.165, 1.54) is 22.3 Å². The van der Waals surface area contributed by atoms with Crippen LogP contribution in [0.25, 0.3) is 0 Å². The number of allylic oxidation sites excluding steroid dienone is 4. The van der Waals surface area contributed by atoms with Crippen molar-refractivity contribution < 1.29 is 9.47 Å². The molecule has 1 aliphatic carbocycles. The van der Waals surface area contributed by atoms with Crippen LogP contribution in [0.4, 0.5) is 0 Å². The van der Waals surface area contributed by atoms with Crippen molar-refractivity contribution in [3.05, 3.63) is 46.6 Å². The van der Waals surface area contributed by atoms with E-state index in [9.17, 15) is 0 Å². The van der Waals surface area contributed by atoms with Crippen LogP contribution in [0.1, 0.15) is 51.7 Å². The molecule has 0 saturated carbocycles. The summed E-state index contributed by atoms with van der Waals surface area (Å²) in [6.07, 6.45) is 7.73. The normalized spacial score (nSPS) is 14.6. The monoisotopic (exact) mass is 300 g/mol. The predicted molar refractivity (Wildman–Crippen MR) is 93.0 cm³/mol. The maximum Gasteiger partial charge on any atom is 0.126 e. The topological polar surface area (TPSA) is 18.5 Å². The molecule has 0 spiro atoms. The fourth-order valence-electron chi connectivity index (χ4n) is 2.96. The van der Waals surface area contributed by atoms with Crippen molar-refractivity contribution in [2.45, 2.75) is 52.4 Å². The van der Waals surface area contributed by atoms with Crippen molar-refractivity contribution in [2.24, 2.45) is 0 Å². The number of methoxy groups -OCH3 is 2. The van der Waals surface area contributed by atoms with Gasteiger partial charge in [-0.05, 0) is 49.3 Å². The summed E-state index contributed by atoms with van der Waals surface area (Å²) in [6, 6.07) is 4.22. The van der Waals surface area contributed by atoms with Gasteiger partial charge in [0.25, 0.3) is 0 Å². The smallest absolute Gasteiger partial charge is 0.126 e. The molecule has 1 aliphatic rings. The Labute approximate surface area is 134 Å². The third-order valence-electron chi connectivity index (χ3n) is 4.22. The molecule has 0 heterocycles. The second-order valence-electron chi connectivity index (χ2n) is 7.07. The third kappa shape index (κ3) is 3.73. The molecular weight excluding hydrogens is 272 g/mol. The van der Waals surface area contributed by atoms with Gasteiger partial charge in [0.2, 0.25) is 0 Å². The van der Waals surface area contributed by atoms with E-state index in [0.717, 1.165) is 30.8 Å². The zero-order valence-electron chi connectivity index (χ0n) is 14.7. The minimum Gasteiger partial charge on any atom is -0.497 e. The quantitative estimate of drug-likeness (QED) is 0.743. The van der Waals surface area contributed by atoms with Gasteiger partial charge in [-0.15, -0.1) is 0 Å². The molecule has 1 aromatic carbocycles. The second-order valence-corrected chi connectivity index (χ2v) is 7.07. The van der Waals surface area contributed by atoms with Crippen LogP contribution in [0.2, 0.25) is 0 Å². The van der Waals surface area contributed by atoms with E-state index < -0.39 is 0 Å². The standard InChI is InChI=1S/C20H28O2/c1-14-7-8-15(11-14)9-10-16-12-17(21-5)13-18(19(16)22-6)20(2,3)4/h7,11-13H,8-10H2,1-6H3. The van der Waals surface area contributed by atoms with Crippen LogP contribution in [0, 0.1) is 0 Å². The van der Waals surface area contributed by atoms with Gasteiger partial charge in [-0.25, -0.2) is 0 Å². The molecule has 120 valence electrons. The van der Waals surface area contributed by atoms with Gasteiger partial charge in [0.05, 0.1) is 14.2 Å². The summed E-state index contributed by atoms with van der Waals surface area (Å²) < 4.78 is 11.2. The van der Waals surface area contributed by atoms with E-state index in [4.69, 9.17) is 9.47 Å². The van der Waals surface area contributed by atoms with Gasteiger partial charge in [0, 0.05) is 5.56 Å². The van der Waals surface area contributed by atoms with Crippen molar-refractivity contribution in [2.75, 3.05) is 14.2 Å². The lowest BCUT2D eigenvalue weighted by Crippen LogP contribution is -2.14. The SMILES string of the molecule is COc1cc(CCC2=CC(C)=CC2)c(OC)c(C(C)(C)C)c1. The number of rotatable bonds is 5. The van der Waals surface area contributed by atoms with Crippen molar-refractivity contribution in [3.8, 4) is 11.5 Å². The van der Waals surface area contributed by atoms with Gasteiger partial charge in [-0.2, -0.15) is 0 Å². The molecule has 0 atom stereocenters. The molecule has 2 nitrogen and oxygen atoms in total. The van der Waals surface area contributed by atoms with Crippen LogP contribution < -0.4 is 9.47 Å². The minimum atomic E-state index is 0.0272. The zero-order chi connectivity index (χ0) is 16.3. The molecule has 0 aliphatic heterocycles. The van der Waals surface area contributed by atoms with Gasteiger partial charge in [0.15, 0.2) is 0 Å². The number of aryl methyl sites for hydroxylation is 1. The van der Waals surface area contributed by atoms with E-state index in [0.29, 0.717) is 0 Å². The molecule has 0 saturated heterocycles. The molecular formula is C20H28O2. The Morgan fingerprint density at radius 1 is 1.05 bits per heavy atom. The summed E-state index contributed by atoms with van der Waals surface area (Å²) in [5, 5.41) is 0. The van der Waals surface area contributed by atoms with E-state index >= 15 is 0 Å². The highest BCUT2D eigenvalue weighted by atomic mass is 16.5. The highest BCUT2D eigenvalue weighted by Gasteiger charge is 2.22. The number of benzene rings is 1. The van der Waals surface area contributed by atoms with E-state index in [1.54, 1.807) is 14.2 Å². The van der Waals surface area contributed by atoms with Crippen molar-refractivity contribution >= 4 is 0 Å². The largest absolute Gasteiger partial charge is 0.497 e. The van der Waals surface area contributed by atoms with Crippen LogP contribution in [0.15, 0.2) is 35.4 Å². The van der Waals surface area contributed by atoms with Crippen molar-refractivity contribution in [1.29, 1.82) is 0 Å². The van der Waals surface area contributed by atoms with E-state index in [-0.39, 0.29) is 5.41 Å². The lowest BCUT2D eigenvalue weighted by molar-refractivity contribution is 0.383. The fraction of sp³-hybridized carbons (Fsp3) is 0.500. The van der Waals surface area contributed by atoms with Gasteiger partial charge >= 0.3 is 0 Å². The van der Waals surface area contributed by atoms with E-state index in [2.05, 4.69) is 52.0 Å². The van der Waals surface area contributed by atoms with Crippen LogP contribution in [-0.4, -0.2) is 14.2 Å². The van der Waals surface area contributed by atoms with Crippen LogP contribution in [0.5, 0.6) is 11.5 Å². The molecule has 0 N–H and O–H groups in total. The molecule has 1 aromatic rings. The maximum absolute atomic E-state index is 5.75. The summed E-state index contributed by atoms with van der Waals surface area (Å²) in [5.74, 6) is 1.92. The summed E-state index contributed by atoms with van der Waals surface area (Å²) >= 11 is 0. The van der Waals surface area contributed by atoms with Crippen LogP contribution in [0.3, 0.4) is 0 Å². The van der Waals surface area contributed by atoms with Gasteiger partial charge in [-0.3, -0.25) is 0 Å². The Balaban J connectivity index is 2.31. The first kappa shape index (κ1) is 16.7. The lowest BCUT2D eigenvalue weighted by Gasteiger charge is -2.25. The molecule has 0 amide bonds. The average molecular weight is 300 g/mol. The third-order valence-corrected chi connectivity index (χ3v) is 4.22. The summed E-state index contributed by atoms with van der Waals surface area (Å²) in [7, 11) is 3.49. The van der Waals surface area contributed by atoms with Crippen LogP contribution in [-0.2, 0) is 11.8 Å². The summed E-state index contributed by atoms with van der Waals surface area (Å²) in [5.41, 5.74) is 5.35. The highest BCUT2D eigenvalue weighted by Crippen LogP contribution is 2.38. The van der Waals surface area contributed by atoms with E-state index in [1.807, 2.05) is 0 Å². The fourth-order valence-corrected chi connectivity index (χ4v) is 2.96. The molecule has 0 fully saturated rings. The van der Waals surface area contributed by atoms with Gasteiger partial charge in [0.1, 0.15) is 11.5 Å². The first-order valence-corrected chi connectivity index (χ1v) is 7.96. The predicted octanol–water partition coefficient (Wildman–Crippen LogP) is 5.21. The Hall–Kier alpha value is -1.70. The Morgan fingerprint density at radius 3 is 2.27 bits per heavy atom. The number of hydrogen-bond donors (Lipinski definition) is 0. The molecule has 0 bridgehead atoms. The first-order valence-electron chi connectivity index (χ1n) is 7.96. The minimum absolute atomic E-state index is 0.0272. The lowest BCUT2D eigenvalue weighted by atomic mass is 9.84. The van der Waals surface area contributed by atoms with Gasteiger partial charge < -0.3 is 9.47 Å². The number of hydrogen-bond acceptors (Lipinski definition) is 2. The summed E-state index contributed by atoms with van der Waals surface area (Å²) in [4.78, 5) is 0. The number of ether oxygens (including phenoxy) is 2. The molecule has 2 rings (SSSR count). The van der Waals surface area contributed by atoms with Gasteiger partial charge in [-0.1, -0.05) is 44.1 Å². The first-order chi connectivity index (χ1) is 10.3. The molecule has 0 unspecified atom stereocenters. The van der Waals surface area contributed by atoms with Crippen molar-refractivity contribution in [1.82, 2.24) is 0 Å². The molecule has 0 radical (unpaired) electrons. The second kappa shape index (κ2) is 6.60. The highest BCUT2D eigenvalue weighted by molar-refractivity contribution is 5.50. The molecule has 2 heteroatoms. The van der Waals surface area contributed by atoms with Crippen LogP contribution >= 0.6 is 0 Å². The van der Waals surface area contributed by atoms with Crippen molar-refractivity contribution in [3.63, 3.8) is 0 Å². The Bertz CT molecular complexity index is 601. The Morgan fingerprint density at radius 2 is 1.77 bits per heavy atom.